The average Bonchev–Trinajstić information content (AvgIpc) is 2.46. The van der Waals surface area contributed by atoms with Crippen LogP contribution in [0.2, 0.25) is 0 Å². The molecule has 0 saturated carbocycles. The molecular weight excluding hydrogens is 314 g/mol. The highest BCUT2D eigenvalue weighted by Crippen LogP contribution is 2.34. The molecule has 3 rings (SSSR count). The largest absolute Gasteiger partial charge is 0.289 e. The quantitative estimate of drug-likeness (QED) is 0.905. The van der Waals surface area contributed by atoms with Gasteiger partial charge in [0.2, 0.25) is 0 Å². The fourth-order valence-corrected chi connectivity index (χ4v) is 3.38. The number of hydrogen-bond acceptors (Lipinski definition) is 5. The summed E-state index contributed by atoms with van der Waals surface area (Å²) >= 11 is 0. The Morgan fingerprint density at radius 1 is 1.23 bits per heavy atom. The maximum Gasteiger partial charge on any atom is 0.289 e. The molecule has 1 N–H and O–H groups in total. The SMILES string of the molecule is CNN1C(c2ccccn2)=NS(=O)(=O)c2c(F)cc(F)cc21. The van der Waals surface area contributed by atoms with Crippen molar-refractivity contribution in [3.63, 3.8) is 0 Å². The van der Waals surface area contributed by atoms with Crippen LogP contribution in [0.5, 0.6) is 0 Å². The molecule has 0 bridgehead atoms. The zero-order chi connectivity index (χ0) is 15.9. The molecule has 9 heteroatoms. The van der Waals surface area contributed by atoms with E-state index < -0.39 is 26.6 Å². The highest BCUT2D eigenvalue weighted by Gasteiger charge is 2.35. The highest BCUT2D eigenvalue weighted by molar-refractivity contribution is 7.90. The summed E-state index contributed by atoms with van der Waals surface area (Å²) < 4.78 is 55.4. The summed E-state index contributed by atoms with van der Waals surface area (Å²) in [6.45, 7) is 0. The molecule has 0 fully saturated rings. The van der Waals surface area contributed by atoms with E-state index in [1.807, 2.05) is 0 Å². The predicted molar refractivity (Wildman–Crippen MR) is 75.9 cm³/mol. The second-order valence-electron chi connectivity index (χ2n) is 4.40. The van der Waals surface area contributed by atoms with Gasteiger partial charge in [-0.2, -0.15) is 8.42 Å². The van der Waals surface area contributed by atoms with E-state index in [9.17, 15) is 17.2 Å². The number of aromatic nitrogens is 1. The van der Waals surface area contributed by atoms with Crippen LogP contribution < -0.4 is 10.4 Å². The van der Waals surface area contributed by atoms with Gasteiger partial charge in [-0.25, -0.2) is 14.2 Å². The normalized spacial score (nSPS) is 16.1. The van der Waals surface area contributed by atoms with Crippen molar-refractivity contribution in [2.45, 2.75) is 4.90 Å². The number of halogens is 2. The zero-order valence-corrected chi connectivity index (χ0v) is 12.1. The molecule has 0 amide bonds. The van der Waals surface area contributed by atoms with E-state index in [-0.39, 0.29) is 17.2 Å². The highest BCUT2D eigenvalue weighted by atomic mass is 32.2. The standard InChI is InChI=1S/C13H10F2N4O2S/c1-16-19-11-7-8(14)6-9(15)12(11)22(20,21)18-13(19)10-4-2-3-5-17-10/h2-7,16H,1H3. The maximum absolute atomic E-state index is 13.9. The van der Waals surface area contributed by atoms with Gasteiger partial charge in [0.05, 0.1) is 5.69 Å². The van der Waals surface area contributed by atoms with Gasteiger partial charge in [0.15, 0.2) is 10.7 Å². The molecule has 1 aromatic carbocycles. The number of sulfonamides is 1. The van der Waals surface area contributed by atoms with Gasteiger partial charge in [-0.05, 0) is 12.1 Å². The van der Waals surface area contributed by atoms with Crippen molar-refractivity contribution in [1.82, 2.24) is 10.4 Å². The van der Waals surface area contributed by atoms with E-state index in [0.29, 0.717) is 6.07 Å². The van der Waals surface area contributed by atoms with Crippen LogP contribution >= 0.6 is 0 Å². The van der Waals surface area contributed by atoms with Crippen LogP contribution in [-0.2, 0) is 10.0 Å². The molecule has 2 aromatic rings. The molecule has 0 saturated heterocycles. The number of hydrazine groups is 1. The summed E-state index contributed by atoms with van der Waals surface area (Å²) in [5.74, 6) is -2.16. The Morgan fingerprint density at radius 2 is 2.00 bits per heavy atom. The van der Waals surface area contributed by atoms with Crippen LogP contribution in [0.4, 0.5) is 14.5 Å². The van der Waals surface area contributed by atoms with Crippen molar-refractivity contribution in [1.29, 1.82) is 0 Å². The van der Waals surface area contributed by atoms with Crippen molar-refractivity contribution in [2.24, 2.45) is 4.40 Å². The molecule has 0 aliphatic carbocycles. The van der Waals surface area contributed by atoms with Gasteiger partial charge in [0.1, 0.15) is 17.3 Å². The lowest BCUT2D eigenvalue weighted by Crippen LogP contribution is -2.45. The third-order valence-corrected chi connectivity index (χ3v) is 4.36. The van der Waals surface area contributed by atoms with Crippen LogP contribution in [0.3, 0.4) is 0 Å². The third-order valence-electron chi connectivity index (χ3n) is 3.02. The van der Waals surface area contributed by atoms with Crippen molar-refractivity contribution in [2.75, 3.05) is 12.1 Å². The molecule has 0 spiro atoms. The molecular formula is C13H10F2N4O2S. The minimum atomic E-state index is -4.31. The van der Waals surface area contributed by atoms with E-state index in [1.165, 1.54) is 18.3 Å². The maximum atomic E-state index is 13.9. The number of rotatable bonds is 2. The number of hydrogen-bond donors (Lipinski definition) is 1. The van der Waals surface area contributed by atoms with Crippen molar-refractivity contribution >= 4 is 21.5 Å². The van der Waals surface area contributed by atoms with Crippen molar-refractivity contribution in [3.05, 3.63) is 53.9 Å². The van der Waals surface area contributed by atoms with Crippen LogP contribution in [0.15, 0.2) is 45.8 Å². The Balaban J connectivity index is 2.31. The molecule has 114 valence electrons. The van der Waals surface area contributed by atoms with E-state index in [4.69, 9.17) is 0 Å². The first-order valence-electron chi connectivity index (χ1n) is 6.17. The lowest BCUT2D eigenvalue weighted by Gasteiger charge is -2.29. The zero-order valence-electron chi connectivity index (χ0n) is 11.3. The molecule has 0 unspecified atom stereocenters. The fourth-order valence-electron chi connectivity index (χ4n) is 2.17. The second-order valence-corrected chi connectivity index (χ2v) is 5.94. The van der Waals surface area contributed by atoms with Gasteiger partial charge in [-0.3, -0.25) is 9.99 Å². The first kappa shape index (κ1) is 14.5. The second kappa shape index (κ2) is 5.11. The van der Waals surface area contributed by atoms with Gasteiger partial charge in [0, 0.05) is 25.4 Å². The number of fused-ring (bicyclic) bond motifs is 1. The van der Waals surface area contributed by atoms with Crippen LogP contribution in [0.1, 0.15) is 5.69 Å². The molecule has 0 radical (unpaired) electrons. The molecule has 1 aliphatic heterocycles. The number of benzene rings is 1. The Labute approximate surface area is 125 Å². The van der Waals surface area contributed by atoms with Crippen molar-refractivity contribution < 1.29 is 17.2 Å². The van der Waals surface area contributed by atoms with Crippen LogP contribution in [0.25, 0.3) is 0 Å². The fraction of sp³-hybridized carbons (Fsp3) is 0.0769. The van der Waals surface area contributed by atoms with Crippen molar-refractivity contribution in [3.8, 4) is 0 Å². The van der Waals surface area contributed by atoms with Gasteiger partial charge in [-0.1, -0.05) is 6.07 Å². The Morgan fingerprint density at radius 3 is 2.64 bits per heavy atom. The van der Waals surface area contributed by atoms with Gasteiger partial charge < -0.3 is 0 Å². The Kier molecular flexibility index (Phi) is 3.38. The summed E-state index contributed by atoms with van der Waals surface area (Å²) in [6, 6.07) is 6.26. The molecule has 0 atom stereocenters. The summed E-state index contributed by atoms with van der Waals surface area (Å²) in [7, 11) is -2.83. The predicted octanol–water partition coefficient (Wildman–Crippen LogP) is 1.45. The summed E-state index contributed by atoms with van der Waals surface area (Å²) in [5, 5.41) is 1.17. The van der Waals surface area contributed by atoms with E-state index in [2.05, 4.69) is 14.8 Å². The lowest BCUT2D eigenvalue weighted by molar-refractivity contribution is 0.546. The Bertz CT molecular complexity index is 869. The average molecular weight is 324 g/mol. The lowest BCUT2D eigenvalue weighted by atomic mass is 10.2. The minimum absolute atomic E-state index is 0.0689. The van der Waals surface area contributed by atoms with Gasteiger partial charge >= 0.3 is 0 Å². The molecule has 22 heavy (non-hydrogen) atoms. The number of anilines is 1. The molecule has 1 aromatic heterocycles. The number of pyridine rings is 1. The monoisotopic (exact) mass is 324 g/mol. The first-order chi connectivity index (χ1) is 10.4. The van der Waals surface area contributed by atoms with E-state index >= 15 is 0 Å². The molecule has 2 heterocycles. The van der Waals surface area contributed by atoms with E-state index in [0.717, 1.165) is 6.07 Å². The number of nitrogens with one attached hydrogen (secondary N) is 1. The molecule has 6 nitrogen and oxygen atoms in total. The van der Waals surface area contributed by atoms with Gasteiger partial charge in [0.25, 0.3) is 10.0 Å². The summed E-state index contributed by atoms with van der Waals surface area (Å²) in [5.41, 5.74) is 2.73. The van der Waals surface area contributed by atoms with Crippen LogP contribution in [-0.4, -0.2) is 26.3 Å². The smallest absolute Gasteiger partial charge is 0.256 e. The minimum Gasteiger partial charge on any atom is -0.256 e. The molecule has 1 aliphatic rings. The van der Waals surface area contributed by atoms with Crippen LogP contribution in [0, 0.1) is 11.6 Å². The van der Waals surface area contributed by atoms with Gasteiger partial charge in [-0.15, -0.1) is 4.40 Å². The Hall–Kier alpha value is -2.39. The topological polar surface area (TPSA) is 74.7 Å². The third kappa shape index (κ3) is 2.24. The number of nitrogens with zero attached hydrogens (tertiary/aromatic N) is 3. The summed E-state index contributed by atoms with van der Waals surface area (Å²) in [4.78, 5) is 3.34. The number of amidine groups is 1. The summed E-state index contributed by atoms with van der Waals surface area (Å²) in [6.07, 6.45) is 1.46. The van der Waals surface area contributed by atoms with E-state index in [1.54, 1.807) is 18.2 Å². The first-order valence-corrected chi connectivity index (χ1v) is 7.61.